The van der Waals surface area contributed by atoms with Crippen LogP contribution in [0.1, 0.15) is 11.1 Å². The highest BCUT2D eigenvalue weighted by Crippen LogP contribution is 2.31. The molecule has 1 aliphatic rings. The van der Waals surface area contributed by atoms with Crippen LogP contribution in [-0.2, 0) is 10.0 Å². The molecule has 0 radical (unpaired) electrons. The van der Waals surface area contributed by atoms with Crippen LogP contribution in [-0.4, -0.2) is 48.8 Å². The summed E-state index contributed by atoms with van der Waals surface area (Å²) in [6, 6.07) is 11.5. The molecule has 0 bridgehead atoms. The minimum absolute atomic E-state index is 0.0541. The molecule has 0 unspecified atom stereocenters. The SMILES string of the molecule is Cc1ccc(C)c(-c2csc(N3CCN(S(=O)(=O)c4cccc([N+](=O)[O-])c4)CC3)n2)c1. The topological polar surface area (TPSA) is 96.7 Å². The minimum Gasteiger partial charge on any atom is -0.345 e. The van der Waals surface area contributed by atoms with Gasteiger partial charge < -0.3 is 4.90 Å². The zero-order chi connectivity index (χ0) is 22.2. The second-order valence-electron chi connectivity index (χ2n) is 7.48. The fourth-order valence-electron chi connectivity index (χ4n) is 3.57. The number of rotatable bonds is 5. The number of benzene rings is 2. The Kier molecular flexibility index (Phi) is 5.78. The molecule has 2 heterocycles. The number of thiazole rings is 1. The van der Waals surface area contributed by atoms with Crippen molar-refractivity contribution in [2.45, 2.75) is 18.7 Å². The predicted molar refractivity (Wildman–Crippen MR) is 121 cm³/mol. The number of non-ortho nitro benzene ring substituents is 1. The van der Waals surface area contributed by atoms with Crippen LogP contribution < -0.4 is 4.90 Å². The third kappa shape index (κ3) is 4.32. The molecule has 10 heteroatoms. The van der Waals surface area contributed by atoms with Gasteiger partial charge in [-0.1, -0.05) is 23.8 Å². The Morgan fingerprint density at radius 3 is 2.52 bits per heavy atom. The molecule has 2 aromatic carbocycles. The zero-order valence-corrected chi connectivity index (χ0v) is 18.8. The van der Waals surface area contributed by atoms with Crippen molar-refractivity contribution in [3.63, 3.8) is 0 Å². The van der Waals surface area contributed by atoms with Crippen LogP contribution in [0.5, 0.6) is 0 Å². The number of hydrogen-bond acceptors (Lipinski definition) is 7. The number of nitrogens with zero attached hydrogens (tertiary/aromatic N) is 4. The van der Waals surface area contributed by atoms with Crippen LogP contribution in [0.4, 0.5) is 10.8 Å². The Balaban J connectivity index is 1.48. The summed E-state index contributed by atoms with van der Waals surface area (Å²) < 4.78 is 27.2. The van der Waals surface area contributed by atoms with Gasteiger partial charge in [0.25, 0.3) is 5.69 Å². The van der Waals surface area contributed by atoms with Crippen LogP contribution in [0.25, 0.3) is 11.3 Å². The van der Waals surface area contributed by atoms with E-state index < -0.39 is 14.9 Å². The maximum absolute atomic E-state index is 12.9. The number of hydrogen-bond donors (Lipinski definition) is 0. The first-order chi connectivity index (χ1) is 14.8. The highest BCUT2D eigenvalue weighted by molar-refractivity contribution is 7.89. The molecule has 0 aliphatic carbocycles. The van der Waals surface area contributed by atoms with Gasteiger partial charge >= 0.3 is 0 Å². The first-order valence-electron chi connectivity index (χ1n) is 9.78. The number of aryl methyl sites for hydroxylation is 2. The molecule has 4 rings (SSSR count). The van der Waals surface area contributed by atoms with Crippen molar-refractivity contribution >= 4 is 32.2 Å². The van der Waals surface area contributed by atoms with Crippen LogP contribution in [0.15, 0.2) is 52.7 Å². The average Bonchev–Trinajstić information content (AvgIpc) is 3.25. The molecule has 3 aromatic rings. The van der Waals surface area contributed by atoms with Gasteiger partial charge in [0, 0.05) is 49.3 Å². The maximum Gasteiger partial charge on any atom is 0.270 e. The first kappa shape index (κ1) is 21.4. The third-order valence-corrected chi connectivity index (χ3v) is 8.13. The number of nitro benzene ring substituents is 1. The zero-order valence-electron chi connectivity index (χ0n) is 17.2. The summed E-state index contributed by atoms with van der Waals surface area (Å²) in [6.07, 6.45) is 0. The molecule has 1 aromatic heterocycles. The van der Waals surface area contributed by atoms with Crippen molar-refractivity contribution < 1.29 is 13.3 Å². The molecule has 1 saturated heterocycles. The normalized spacial score (nSPS) is 15.2. The van der Waals surface area contributed by atoms with Crippen LogP contribution in [0.2, 0.25) is 0 Å². The van der Waals surface area contributed by atoms with Crippen molar-refractivity contribution in [2.75, 3.05) is 31.1 Å². The summed E-state index contributed by atoms with van der Waals surface area (Å²) >= 11 is 1.55. The lowest BCUT2D eigenvalue weighted by atomic mass is 10.0. The van der Waals surface area contributed by atoms with Gasteiger partial charge in [0.1, 0.15) is 0 Å². The lowest BCUT2D eigenvalue weighted by molar-refractivity contribution is -0.385. The summed E-state index contributed by atoms with van der Waals surface area (Å²) in [7, 11) is -3.79. The molecule has 1 aliphatic heterocycles. The summed E-state index contributed by atoms with van der Waals surface area (Å²) in [5.74, 6) is 0. The number of sulfonamides is 1. The summed E-state index contributed by atoms with van der Waals surface area (Å²) in [5, 5.41) is 13.9. The van der Waals surface area contributed by atoms with E-state index in [1.54, 1.807) is 11.3 Å². The Bertz CT molecular complexity index is 1230. The number of piperazine rings is 1. The van der Waals surface area contributed by atoms with E-state index >= 15 is 0 Å². The van der Waals surface area contributed by atoms with E-state index in [1.165, 1.54) is 28.1 Å². The number of nitro groups is 1. The van der Waals surface area contributed by atoms with E-state index in [4.69, 9.17) is 4.98 Å². The molecule has 0 amide bonds. The molecule has 0 spiro atoms. The van der Waals surface area contributed by atoms with Gasteiger partial charge in [-0.15, -0.1) is 11.3 Å². The second-order valence-corrected chi connectivity index (χ2v) is 10.3. The molecule has 1 fully saturated rings. The van der Waals surface area contributed by atoms with E-state index in [1.807, 2.05) is 5.38 Å². The van der Waals surface area contributed by atoms with Gasteiger partial charge in [0.2, 0.25) is 10.0 Å². The Labute approximate surface area is 185 Å². The fraction of sp³-hybridized carbons (Fsp3) is 0.286. The summed E-state index contributed by atoms with van der Waals surface area (Å²) in [6.45, 7) is 5.72. The third-order valence-electron chi connectivity index (χ3n) is 5.34. The monoisotopic (exact) mass is 458 g/mol. The number of aromatic nitrogens is 1. The molecule has 162 valence electrons. The Morgan fingerprint density at radius 1 is 1.06 bits per heavy atom. The highest BCUT2D eigenvalue weighted by atomic mass is 32.2. The minimum atomic E-state index is -3.79. The Morgan fingerprint density at radius 2 is 1.81 bits per heavy atom. The highest BCUT2D eigenvalue weighted by Gasteiger charge is 2.30. The van der Waals surface area contributed by atoms with E-state index in [0.717, 1.165) is 28.0 Å². The summed E-state index contributed by atoms with van der Waals surface area (Å²) in [4.78, 5) is 17.2. The van der Waals surface area contributed by atoms with Gasteiger partial charge in [-0.25, -0.2) is 13.4 Å². The quantitative estimate of drug-likeness (QED) is 0.426. The predicted octanol–water partition coefficient (Wildman–Crippen LogP) is 3.85. The molecule has 0 atom stereocenters. The van der Waals surface area contributed by atoms with Crippen molar-refractivity contribution in [1.29, 1.82) is 0 Å². The molecular formula is C21H22N4O4S2. The first-order valence-corrected chi connectivity index (χ1v) is 12.1. The van der Waals surface area contributed by atoms with Crippen molar-refractivity contribution in [3.8, 4) is 11.3 Å². The fourth-order valence-corrected chi connectivity index (χ4v) is 5.91. The standard InChI is InChI=1S/C21H22N4O4S2/c1-15-6-7-16(2)19(12-15)20-14-30-21(22-20)23-8-10-24(11-9-23)31(28,29)18-5-3-4-17(13-18)25(26)27/h3-7,12-14H,8-11H2,1-2H3. The van der Waals surface area contributed by atoms with Crippen molar-refractivity contribution in [2.24, 2.45) is 0 Å². The smallest absolute Gasteiger partial charge is 0.270 e. The lowest BCUT2D eigenvalue weighted by Crippen LogP contribution is -2.48. The van der Waals surface area contributed by atoms with Crippen molar-refractivity contribution in [3.05, 3.63) is 69.1 Å². The van der Waals surface area contributed by atoms with E-state index in [2.05, 4.69) is 36.9 Å². The Hall–Kier alpha value is -2.82. The lowest BCUT2D eigenvalue weighted by Gasteiger charge is -2.33. The van der Waals surface area contributed by atoms with E-state index in [-0.39, 0.29) is 10.6 Å². The molecular weight excluding hydrogens is 436 g/mol. The second kappa shape index (κ2) is 8.37. The van der Waals surface area contributed by atoms with Gasteiger partial charge in [-0.05, 0) is 31.5 Å². The maximum atomic E-state index is 12.9. The van der Waals surface area contributed by atoms with Crippen LogP contribution >= 0.6 is 11.3 Å². The molecule has 0 N–H and O–H groups in total. The molecule has 8 nitrogen and oxygen atoms in total. The van der Waals surface area contributed by atoms with Gasteiger partial charge in [-0.3, -0.25) is 10.1 Å². The van der Waals surface area contributed by atoms with Crippen LogP contribution in [0, 0.1) is 24.0 Å². The van der Waals surface area contributed by atoms with Crippen LogP contribution in [0.3, 0.4) is 0 Å². The number of anilines is 1. The average molecular weight is 459 g/mol. The van der Waals surface area contributed by atoms with E-state index in [9.17, 15) is 18.5 Å². The van der Waals surface area contributed by atoms with Crippen molar-refractivity contribution in [1.82, 2.24) is 9.29 Å². The van der Waals surface area contributed by atoms with Gasteiger partial charge in [0.05, 0.1) is 15.5 Å². The van der Waals surface area contributed by atoms with Gasteiger partial charge in [0.15, 0.2) is 5.13 Å². The summed E-state index contributed by atoms with van der Waals surface area (Å²) in [5.41, 5.74) is 4.13. The molecule has 31 heavy (non-hydrogen) atoms. The molecule has 0 saturated carbocycles. The van der Waals surface area contributed by atoms with Gasteiger partial charge in [-0.2, -0.15) is 4.31 Å². The van der Waals surface area contributed by atoms with E-state index in [0.29, 0.717) is 26.2 Å². The largest absolute Gasteiger partial charge is 0.345 e.